The van der Waals surface area contributed by atoms with Crippen molar-refractivity contribution in [2.75, 3.05) is 12.4 Å². The van der Waals surface area contributed by atoms with Crippen LogP contribution in [0.25, 0.3) is 22.3 Å². The summed E-state index contributed by atoms with van der Waals surface area (Å²) in [6.45, 7) is 0. The number of fused-ring (bicyclic) bond motifs is 1. The van der Waals surface area contributed by atoms with E-state index in [1.54, 1.807) is 12.4 Å². The molecule has 2 aromatic heterocycles. The number of nitrogens with zero attached hydrogens (tertiary/aromatic N) is 3. The number of halogens is 2. The van der Waals surface area contributed by atoms with E-state index in [2.05, 4.69) is 42.9 Å². The molecule has 0 aliphatic rings. The minimum atomic E-state index is 0.634. The molecular weight excluding hydrogens is 387 g/mol. The third-order valence-corrected chi connectivity index (χ3v) is 4.06. The van der Waals surface area contributed by atoms with Gasteiger partial charge in [-0.15, -0.1) is 0 Å². The number of hydrogen-bond acceptors (Lipinski definition) is 4. The zero-order valence-electron chi connectivity index (χ0n) is 10.6. The van der Waals surface area contributed by atoms with Gasteiger partial charge in [0.1, 0.15) is 5.82 Å². The van der Waals surface area contributed by atoms with Crippen LogP contribution in [0.15, 0.2) is 36.7 Å². The topological polar surface area (TPSA) is 50.7 Å². The van der Waals surface area contributed by atoms with E-state index in [4.69, 9.17) is 11.6 Å². The monoisotopic (exact) mass is 396 g/mol. The van der Waals surface area contributed by atoms with E-state index in [9.17, 15) is 0 Å². The molecule has 0 fully saturated rings. The van der Waals surface area contributed by atoms with Crippen molar-refractivity contribution >= 4 is 50.9 Å². The predicted octanol–water partition coefficient (Wildman–Crippen LogP) is 3.99. The molecule has 0 saturated carbocycles. The average Bonchev–Trinajstić information content (AvgIpc) is 2.49. The van der Waals surface area contributed by atoms with E-state index in [1.807, 2.05) is 31.3 Å². The Morgan fingerprint density at radius 3 is 2.85 bits per heavy atom. The average molecular weight is 397 g/mol. The lowest BCUT2D eigenvalue weighted by molar-refractivity contribution is 1.15. The van der Waals surface area contributed by atoms with Gasteiger partial charge in [-0.1, -0.05) is 11.6 Å². The third-order valence-electron chi connectivity index (χ3n) is 2.94. The van der Waals surface area contributed by atoms with Crippen molar-refractivity contribution in [3.05, 3.63) is 45.3 Å². The van der Waals surface area contributed by atoms with Gasteiger partial charge in [-0.25, -0.2) is 9.97 Å². The van der Waals surface area contributed by atoms with Crippen LogP contribution in [0.3, 0.4) is 0 Å². The number of anilines is 1. The lowest BCUT2D eigenvalue weighted by Gasteiger charge is -2.08. The Labute approximate surface area is 134 Å². The van der Waals surface area contributed by atoms with Gasteiger partial charge in [-0.3, -0.25) is 4.98 Å². The lowest BCUT2D eigenvalue weighted by Crippen LogP contribution is -2.00. The molecule has 0 amide bonds. The number of aromatic nitrogens is 3. The largest absolute Gasteiger partial charge is 0.372 e. The molecular formula is C14H10ClIN4. The van der Waals surface area contributed by atoms with Crippen molar-refractivity contribution in [1.29, 1.82) is 0 Å². The number of nitrogens with one attached hydrogen (secondary N) is 1. The van der Waals surface area contributed by atoms with E-state index in [0.717, 1.165) is 25.9 Å². The smallest absolute Gasteiger partial charge is 0.163 e. The van der Waals surface area contributed by atoms with Gasteiger partial charge < -0.3 is 5.32 Å². The molecule has 2 heterocycles. The van der Waals surface area contributed by atoms with E-state index >= 15 is 0 Å². The van der Waals surface area contributed by atoms with Gasteiger partial charge in [0.25, 0.3) is 0 Å². The van der Waals surface area contributed by atoms with Gasteiger partial charge in [0.2, 0.25) is 0 Å². The third kappa shape index (κ3) is 2.31. The van der Waals surface area contributed by atoms with Crippen LogP contribution in [0.1, 0.15) is 0 Å². The molecule has 1 aromatic carbocycles. The van der Waals surface area contributed by atoms with Crippen molar-refractivity contribution in [2.45, 2.75) is 0 Å². The van der Waals surface area contributed by atoms with Crippen LogP contribution in [0.4, 0.5) is 5.82 Å². The molecule has 0 radical (unpaired) electrons. The first-order valence-electron chi connectivity index (χ1n) is 5.94. The van der Waals surface area contributed by atoms with E-state index in [1.165, 1.54) is 0 Å². The molecule has 6 heteroatoms. The Morgan fingerprint density at radius 1 is 1.20 bits per heavy atom. The number of hydrogen-bond donors (Lipinski definition) is 1. The molecule has 0 unspecified atom stereocenters. The first-order chi connectivity index (χ1) is 9.70. The molecule has 0 bridgehead atoms. The highest BCUT2D eigenvalue weighted by molar-refractivity contribution is 14.1. The second-order valence-electron chi connectivity index (χ2n) is 4.13. The second-order valence-corrected chi connectivity index (χ2v) is 5.70. The van der Waals surface area contributed by atoms with Gasteiger partial charge >= 0.3 is 0 Å². The van der Waals surface area contributed by atoms with Crippen LogP contribution in [0.2, 0.25) is 5.02 Å². The Kier molecular flexibility index (Phi) is 3.71. The molecule has 3 aromatic rings. The summed E-state index contributed by atoms with van der Waals surface area (Å²) in [5, 5.41) is 4.64. The summed E-state index contributed by atoms with van der Waals surface area (Å²) in [5.74, 6) is 1.43. The molecule has 0 aliphatic heterocycles. The number of benzene rings is 1. The number of rotatable bonds is 2. The second kappa shape index (κ2) is 5.49. The fourth-order valence-electron chi connectivity index (χ4n) is 1.99. The molecule has 0 spiro atoms. The molecule has 1 N–H and O–H groups in total. The zero-order chi connectivity index (χ0) is 14.1. The molecule has 20 heavy (non-hydrogen) atoms. The molecule has 100 valence electrons. The van der Waals surface area contributed by atoms with Crippen molar-refractivity contribution in [3.63, 3.8) is 0 Å². The Hall–Kier alpha value is -1.47. The lowest BCUT2D eigenvalue weighted by atomic mass is 10.1. The molecule has 0 atom stereocenters. The van der Waals surface area contributed by atoms with E-state index < -0.39 is 0 Å². The first kappa shape index (κ1) is 13.5. The summed E-state index contributed by atoms with van der Waals surface area (Å²) >= 11 is 8.40. The molecule has 0 saturated heterocycles. The molecule has 4 nitrogen and oxygen atoms in total. The van der Waals surface area contributed by atoms with Crippen molar-refractivity contribution in [3.8, 4) is 11.4 Å². The Morgan fingerprint density at radius 2 is 2.05 bits per heavy atom. The summed E-state index contributed by atoms with van der Waals surface area (Å²) in [6, 6.07) is 7.56. The highest BCUT2D eigenvalue weighted by Crippen LogP contribution is 2.30. The maximum atomic E-state index is 6.21. The van der Waals surface area contributed by atoms with Gasteiger partial charge in [-0.05, 0) is 46.9 Å². The summed E-state index contributed by atoms with van der Waals surface area (Å²) < 4.78 is 0.972. The van der Waals surface area contributed by atoms with Crippen LogP contribution in [0, 0.1) is 3.57 Å². The van der Waals surface area contributed by atoms with Gasteiger partial charge in [0.15, 0.2) is 5.82 Å². The highest BCUT2D eigenvalue weighted by atomic mass is 127. The van der Waals surface area contributed by atoms with Crippen LogP contribution in [-0.2, 0) is 0 Å². The first-order valence-corrected chi connectivity index (χ1v) is 7.40. The minimum absolute atomic E-state index is 0.634. The summed E-state index contributed by atoms with van der Waals surface area (Å²) in [6.07, 6.45) is 3.53. The predicted molar refractivity (Wildman–Crippen MR) is 90.0 cm³/mol. The van der Waals surface area contributed by atoms with Crippen LogP contribution in [-0.4, -0.2) is 22.0 Å². The van der Waals surface area contributed by atoms with Crippen molar-refractivity contribution < 1.29 is 0 Å². The highest BCUT2D eigenvalue weighted by Gasteiger charge is 2.11. The van der Waals surface area contributed by atoms with Crippen molar-refractivity contribution in [2.24, 2.45) is 0 Å². The van der Waals surface area contributed by atoms with E-state index in [0.29, 0.717) is 10.8 Å². The fourth-order valence-corrected chi connectivity index (χ4v) is 2.74. The summed E-state index contributed by atoms with van der Waals surface area (Å²) in [4.78, 5) is 13.3. The zero-order valence-corrected chi connectivity index (χ0v) is 13.5. The molecule has 3 rings (SSSR count). The SMILES string of the molecule is CNc1nc(-c2ccc(Cl)c3cccnc23)ncc1I. The van der Waals surface area contributed by atoms with Crippen molar-refractivity contribution in [1.82, 2.24) is 15.0 Å². The van der Waals surface area contributed by atoms with Crippen LogP contribution in [0.5, 0.6) is 0 Å². The van der Waals surface area contributed by atoms with E-state index in [-0.39, 0.29) is 0 Å². The summed E-state index contributed by atoms with van der Waals surface area (Å²) in [5.41, 5.74) is 1.68. The number of pyridine rings is 1. The fraction of sp³-hybridized carbons (Fsp3) is 0.0714. The summed E-state index contributed by atoms with van der Waals surface area (Å²) in [7, 11) is 1.84. The van der Waals surface area contributed by atoms with Crippen LogP contribution < -0.4 is 5.32 Å². The normalized spacial score (nSPS) is 10.8. The Balaban J connectivity index is 2.27. The minimum Gasteiger partial charge on any atom is -0.372 e. The maximum Gasteiger partial charge on any atom is 0.163 e. The van der Waals surface area contributed by atoms with Gasteiger partial charge in [0.05, 0.1) is 14.1 Å². The van der Waals surface area contributed by atoms with Gasteiger partial charge in [0, 0.05) is 30.4 Å². The van der Waals surface area contributed by atoms with Gasteiger partial charge in [-0.2, -0.15) is 0 Å². The quantitative estimate of drug-likeness (QED) is 0.666. The maximum absolute atomic E-state index is 6.21. The molecule has 0 aliphatic carbocycles. The van der Waals surface area contributed by atoms with Crippen LogP contribution >= 0.6 is 34.2 Å². The Bertz CT molecular complexity index is 791. The standard InChI is InChI=1S/C14H10ClIN4/c1-17-14-11(16)7-19-13(20-14)9-4-5-10(15)8-3-2-6-18-12(8)9/h2-7H,1H3,(H,17,19,20).